The zero-order valence-corrected chi connectivity index (χ0v) is 12.6. The minimum absolute atomic E-state index is 0.0427. The number of sulfonamides is 1. The van der Waals surface area contributed by atoms with Gasteiger partial charge >= 0.3 is 0 Å². The molecule has 2 rings (SSSR count). The monoisotopic (exact) mass is 311 g/mol. The fraction of sp³-hybridized carbons (Fsp3) is 0.286. The van der Waals surface area contributed by atoms with E-state index in [2.05, 4.69) is 4.72 Å². The van der Waals surface area contributed by atoms with E-state index >= 15 is 0 Å². The average molecular weight is 311 g/mol. The molecule has 2 N–H and O–H groups in total. The molecule has 2 aromatic rings. The molecule has 0 aliphatic heterocycles. The number of rotatable bonds is 7. The molecular formula is C14H17NO3S2. The molecule has 1 heterocycles. The molecule has 1 aromatic carbocycles. The summed E-state index contributed by atoms with van der Waals surface area (Å²) in [7, 11) is -3.28. The normalized spacial score (nSPS) is 11.7. The second-order valence-corrected chi connectivity index (χ2v) is 7.41. The van der Waals surface area contributed by atoms with Crippen LogP contribution >= 0.6 is 11.3 Å². The molecular weight excluding hydrogens is 294 g/mol. The van der Waals surface area contributed by atoms with Crippen LogP contribution in [0.15, 0.2) is 41.8 Å². The van der Waals surface area contributed by atoms with Crippen molar-refractivity contribution >= 4 is 21.4 Å². The first-order valence-electron chi connectivity index (χ1n) is 6.27. The fourth-order valence-electron chi connectivity index (χ4n) is 1.79. The molecule has 0 saturated carbocycles. The first-order valence-corrected chi connectivity index (χ1v) is 8.81. The van der Waals surface area contributed by atoms with Crippen LogP contribution in [0, 0.1) is 0 Å². The van der Waals surface area contributed by atoms with E-state index in [9.17, 15) is 8.42 Å². The summed E-state index contributed by atoms with van der Waals surface area (Å²) in [5, 5.41) is 11.0. The topological polar surface area (TPSA) is 66.4 Å². The molecule has 108 valence electrons. The quantitative estimate of drug-likeness (QED) is 0.821. The zero-order chi connectivity index (χ0) is 14.4. The highest BCUT2D eigenvalue weighted by Gasteiger charge is 2.10. The van der Waals surface area contributed by atoms with E-state index < -0.39 is 10.0 Å². The maximum absolute atomic E-state index is 11.9. The van der Waals surface area contributed by atoms with Crippen molar-refractivity contribution in [2.75, 3.05) is 5.75 Å². The molecule has 20 heavy (non-hydrogen) atoms. The Kier molecular flexibility index (Phi) is 5.31. The molecule has 0 radical (unpaired) electrons. The lowest BCUT2D eigenvalue weighted by Gasteiger charge is -2.07. The lowest BCUT2D eigenvalue weighted by molar-refractivity contribution is 0.281. The highest BCUT2D eigenvalue weighted by molar-refractivity contribution is 7.89. The number of aryl methyl sites for hydroxylation is 1. The van der Waals surface area contributed by atoms with Crippen LogP contribution in [-0.4, -0.2) is 19.3 Å². The van der Waals surface area contributed by atoms with Gasteiger partial charge in [-0.05, 0) is 29.0 Å². The summed E-state index contributed by atoms with van der Waals surface area (Å²) in [6.45, 7) is 0.208. The number of thiophene rings is 1. The van der Waals surface area contributed by atoms with Gasteiger partial charge in [-0.1, -0.05) is 30.3 Å². The van der Waals surface area contributed by atoms with Crippen molar-refractivity contribution in [2.24, 2.45) is 0 Å². The summed E-state index contributed by atoms with van der Waals surface area (Å²) in [4.78, 5) is 1.07. The van der Waals surface area contributed by atoms with Crippen LogP contribution in [-0.2, 0) is 29.6 Å². The van der Waals surface area contributed by atoms with E-state index in [-0.39, 0.29) is 18.9 Å². The molecule has 0 unspecified atom stereocenters. The summed E-state index contributed by atoms with van der Waals surface area (Å²) in [6.07, 6.45) is 0.531. The van der Waals surface area contributed by atoms with E-state index in [1.165, 1.54) is 0 Å². The van der Waals surface area contributed by atoms with E-state index in [1.54, 1.807) is 29.5 Å². The van der Waals surface area contributed by atoms with Crippen LogP contribution in [0.4, 0.5) is 0 Å². The predicted molar refractivity (Wildman–Crippen MR) is 81.0 cm³/mol. The van der Waals surface area contributed by atoms with Gasteiger partial charge in [-0.2, -0.15) is 0 Å². The van der Waals surface area contributed by atoms with Crippen LogP contribution in [0.1, 0.15) is 16.0 Å². The molecule has 0 aliphatic rings. The number of aliphatic hydroxyl groups excluding tert-OH is 1. The highest BCUT2D eigenvalue weighted by atomic mass is 32.2. The van der Waals surface area contributed by atoms with Gasteiger partial charge in [0.15, 0.2) is 0 Å². The molecule has 4 nitrogen and oxygen atoms in total. The summed E-state index contributed by atoms with van der Waals surface area (Å²) in [5.41, 5.74) is 1.62. The lowest BCUT2D eigenvalue weighted by atomic mass is 10.1. The van der Waals surface area contributed by atoms with Gasteiger partial charge in [0.2, 0.25) is 10.0 Å². The van der Waals surface area contributed by atoms with Crippen molar-refractivity contribution in [3.05, 3.63) is 57.8 Å². The van der Waals surface area contributed by atoms with Gasteiger partial charge in [0, 0.05) is 11.4 Å². The molecule has 0 aliphatic carbocycles. The van der Waals surface area contributed by atoms with Crippen molar-refractivity contribution in [2.45, 2.75) is 19.6 Å². The molecule has 0 fully saturated rings. The second kappa shape index (κ2) is 6.99. The molecule has 0 bridgehead atoms. The minimum atomic E-state index is -3.28. The predicted octanol–water partition coefficient (Wildman–Crippen LogP) is 1.90. The molecule has 6 heteroatoms. The van der Waals surface area contributed by atoms with Gasteiger partial charge in [-0.15, -0.1) is 11.3 Å². The van der Waals surface area contributed by atoms with Crippen molar-refractivity contribution in [3.63, 3.8) is 0 Å². The van der Waals surface area contributed by atoms with Gasteiger partial charge in [0.1, 0.15) is 0 Å². The molecule has 0 saturated heterocycles. The Balaban J connectivity index is 1.88. The van der Waals surface area contributed by atoms with E-state index in [0.29, 0.717) is 6.42 Å². The number of hydrogen-bond acceptors (Lipinski definition) is 4. The molecule has 0 atom stereocenters. The van der Waals surface area contributed by atoms with Gasteiger partial charge < -0.3 is 5.11 Å². The van der Waals surface area contributed by atoms with Crippen molar-refractivity contribution in [1.29, 1.82) is 0 Å². The number of hydrogen-bond donors (Lipinski definition) is 2. The first kappa shape index (κ1) is 15.2. The number of benzene rings is 1. The Labute approximate surface area is 123 Å². The standard InChI is InChI=1S/C14H17NO3S2/c16-11-13-4-1-3-12(9-13)10-15-20(17,18)8-6-14-5-2-7-19-14/h1-5,7,9,15-16H,6,8,10-11H2. The summed E-state index contributed by atoms with van der Waals surface area (Å²) < 4.78 is 26.4. The van der Waals surface area contributed by atoms with E-state index in [1.807, 2.05) is 23.6 Å². The fourth-order valence-corrected chi connectivity index (χ4v) is 3.65. The maximum atomic E-state index is 11.9. The van der Waals surface area contributed by atoms with Gasteiger partial charge in [0.05, 0.1) is 12.4 Å². The van der Waals surface area contributed by atoms with Crippen LogP contribution in [0.5, 0.6) is 0 Å². The summed E-state index contributed by atoms with van der Waals surface area (Å²) >= 11 is 1.56. The van der Waals surface area contributed by atoms with Gasteiger partial charge in [-0.3, -0.25) is 0 Å². The van der Waals surface area contributed by atoms with Gasteiger partial charge in [0.25, 0.3) is 0 Å². The van der Waals surface area contributed by atoms with E-state index in [0.717, 1.165) is 16.0 Å². The van der Waals surface area contributed by atoms with Crippen molar-refractivity contribution < 1.29 is 13.5 Å². The molecule has 0 amide bonds. The third kappa shape index (κ3) is 4.72. The van der Waals surface area contributed by atoms with Crippen molar-refractivity contribution in [3.8, 4) is 0 Å². The van der Waals surface area contributed by atoms with Crippen LogP contribution in [0.25, 0.3) is 0 Å². The highest BCUT2D eigenvalue weighted by Crippen LogP contribution is 2.10. The smallest absolute Gasteiger partial charge is 0.212 e. The van der Waals surface area contributed by atoms with Gasteiger partial charge in [-0.25, -0.2) is 13.1 Å². The Morgan fingerprint density at radius 1 is 1.15 bits per heavy atom. The van der Waals surface area contributed by atoms with Crippen molar-refractivity contribution in [1.82, 2.24) is 4.72 Å². The number of nitrogens with one attached hydrogen (secondary N) is 1. The van der Waals surface area contributed by atoms with Crippen LogP contribution in [0.2, 0.25) is 0 Å². The Morgan fingerprint density at radius 3 is 2.65 bits per heavy atom. The molecule has 1 aromatic heterocycles. The van der Waals surface area contributed by atoms with Crippen LogP contribution < -0.4 is 4.72 Å². The average Bonchev–Trinajstić information content (AvgIpc) is 2.97. The Morgan fingerprint density at radius 2 is 1.95 bits per heavy atom. The third-order valence-corrected chi connectivity index (χ3v) is 5.13. The second-order valence-electron chi connectivity index (χ2n) is 4.45. The SMILES string of the molecule is O=S(=O)(CCc1cccs1)NCc1cccc(CO)c1. The summed E-state index contributed by atoms with van der Waals surface area (Å²) in [5.74, 6) is 0.0905. The van der Waals surface area contributed by atoms with E-state index in [4.69, 9.17) is 5.11 Å². The Hall–Kier alpha value is -1.21. The lowest BCUT2D eigenvalue weighted by Crippen LogP contribution is -2.26. The summed E-state index contributed by atoms with van der Waals surface area (Å²) in [6, 6.07) is 11.1. The largest absolute Gasteiger partial charge is 0.392 e. The molecule has 0 spiro atoms. The first-order chi connectivity index (χ1) is 9.59. The zero-order valence-electron chi connectivity index (χ0n) is 11.0. The van der Waals surface area contributed by atoms with Crippen LogP contribution in [0.3, 0.4) is 0 Å². The Bertz CT molecular complexity index is 636. The number of aliphatic hydroxyl groups is 1. The third-order valence-electron chi connectivity index (χ3n) is 2.87. The maximum Gasteiger partial charge on any atom is 0.212 e. The minimum Gasteiger partial charge on any atom is -0.392 e.